The van der Waals surface area contributed by atoms with Crippen LogP contribution in [-0.4, -0.2) is 11.1 Å². The van der Waals surface area contributed by atoms with Gasteiger partial charge in [0.2, 0.25) is 0 Å². The van der Waals surface area contributed by atoms with Crippen LogP contribution in [0.4, 0.5) is 0 Å². The normalized spacial score (nSPS) is 13.9. The van der Waals surface area contributed by atoms with Crippen molar-refractivity contribution in [2.24, 2.45) is 0 Å². The first kappa shape index (κ1) is 14.8. The van der Waals surface area contributed by atoms with Crippen LogP contribution in [0.25, 0.3) is 0 Å². The lowest BCUT2D eigenvalue weighted by Gasteiger charge is -2.13. The summed E-state index contributed by atoms with van der Waals surface area (Å²) < 4.78 is 0. The predicted molar refractivity (Wildman–Crippen MR) is 82.1 cm³/mol. The number of hydrogen-bond acceptors (Lipinski definition) is 3. The van der Waals surface area contributed by atoms with Crippen molar-refractivity contribution >= 4 is 17.3 Å². The van der Waals surface area contributed by atoms with Crippen molar-refractivity contribution in [3.05, 3.63) is 57.8 Å². The lowest BCUT2D eigenvalue weighted by atomic mass is 10.00. The van der Waals surface area contributed by atoms with E-state index in [9.17, 15) is 4.79 Å². The van der Waals surface area contributed by atoms with Crippen molar-refractivity contribution in [1.82, 2.24) is 5.32 Å². The van der Waals surface area contributed by atoms with Crippen LogP contribution >= 0.6 is 11.3 Å². The summed E-state index contributed by atoms with van der Waals surface area (Å²) in [6.07, 6.45) is 0. The Kier molecular flexibility index (Phi) is 4.93. The van der Waals surface area contributed by atoms with Crippen molar-refractivity contribution in [2.45, 2.75) is 32.4 Å². The van der Waals surface area contributed by atoms with E-state index in [1.54, 1.807) is 18.3 Å². The van der Waals surface area contributed by atoms with E-state index >= 15 is 0 Å². The van der Waals surface area contributed by atoms with Gasteiger partial charge in [-0.15, -0.1) is 11.3 Å². The summed E-state index contributed by atoms with van der Waals surface area (Å²) >= 11 is 1.75. The molecule has 4 heteroatoms. The molecule has 106 valence electrons. The van der Waals surface area contributed by atoms with E-state index in [0.29, 0.717) is 6.04 Å². The first-order valence-electron chi connectivity index (χ1n) is 6.66. The van der Waals surface area contributed by atoms with E-state index in [0.717, 1.165) is 17.7 Å². The second kappa shape index (κ2) is 6.68. The van der Waals surface area contributed by atoms with Gasteiger partial charge < -0.3 is 10.4 Å². The summed E-state index contributed by atoms with van der Waals surface area (Å²) in [5.74, 6) is -1.25. The highest BCUT2D eigenvalue weighted by Crippen LogP contribution is 2.19. The standard InChI is InChI=1S/C16H19NO2S/c1-11(16(18)19)14-7-5-13(6-8-14)10-17-12(2)15-4-3-9-20-15/h3-9,11-12,17H,10H2,1-2H3,(H,18,19). The van der Waals surface area contributed by atoms with Crippen molar-refractivity contribution in [3.8, 4) is 0 Å². The van der Waals surface area contributed by atoms with E-state index < -0.39 is 11.9 Å². The Hall–Kier alpha value is -1.65. The lowest BCUT2D eigenvalue weighted by molar-refractivity contribution is -0.138. The Morgan fingerprint density at radius 2 is 1.95 bits per heavy atom. The topological polar surface area (TPSA) is 49.3 Å². The lowest BCUT2D eigenvalue weighted by Crippen LogP contribution is -2.17. The van der Waals surface area contributed by atoms with Gasteiger partial charge >= 0.3 is 5.97 Å². The number of hydrogen-bond donors (Lipinski definition) is 2. The molecule has 2 aromatic rings. The minimum Gasteiger partial charge on any atom is -0.481 e. The number of thiophene rings is 1. The van der Waals surface area contributed by atoms with Crippen LogP contribution in [0.1, 0.15) is 41.8 Å². The van der Waals surface area contributed by atoms with Crippen LogP contribution < -0.4 is 5.32 Å². The summed E-state index contributed by atoms with van der Waals surface area (Å²) in [6.45, 7) is 4.63. The first-order valence-corrected chi connectivity index (χ1v) is 7.54. The van der Waals surface area contributed by atoms with Gasteiger partial charge in [-0.2, -0.15) is 0 Å². The van der Waals surface area contributed by atoms with Crippen LogP contribution in [0.3, 0.4) is 0 Å². The van der Waals surface area contributed by atoms with Gasteiger partial charge in [-0.05, 0) is 36.4 Å². The highest BCUT2D eigenvalue weighted by molar-refractivity contribution is 7.10. The van der Waals surface area contributed by atoms with Crippen LogP contribution in [0.5, 0.6) is 0 Å². The van der Waals surface area contributed by atoms with Gasteiger partial charge in [0.15, 0.2) is 0 Å². The molecule has 0 saturated heterocycles. The Morgan fingerprint density at radius 1 is 1.25 bits per heavy atom. The molecule has 2 N–H and O–H groups in total. The molecule has 0 aliphatic heterocycles. The fourth-order valence-electron chi connectivity index (χ4n) is 1.98. The van der Waals surface area contributed by atoms with Gasteiger partial charge in [-0.1, -0.05) is 30.3 Å². The monoisotopic (exact) mass is 289 g/mol. The van der Waals surface area contributed by atoms with Crippen molar-refractivity contribution in [1.29, 1.82) is 0 Å². The summed E-state index contributed by atoms with van der Waals surface area (Å²) in [5, 5.41) is 14.5. The zero-order valence-electron chi connectivity index (χ0n) is 11.7. The summed E-state index contributed by atoms with van der Waals surface area (Å²) in [6, 6.07) is 12.3. The molecule has 2 unspecified atom stereocenters. The molecule has 1 aromatic heterocycles. The number of carbonyl (C=O) groups is 1. The molecule has 2 rings (SSSR count). The van der Waals surface area contributed by atoms with Crippen molar-refractivity contribution in [3.63, 3.8) is 0 Å². The average molecular weight is 289 g/mol. The van der Waals surface area contributed by atoms with E-state index in [4.69, 9.17) is 5.11 Å². The molecule has 0 fully saturated rings. The molecule has 0 bridgehead atoms. The zero-order valence-corrected chi connectivity index (χ0v) is 12.5. The predicted octanol–water partition coefficient (Wildman–Crippen LogP) is 3.79. The number of carboxylic acid groups (broad SMARTS) is 1. The zero-order chi connectivity index (χ0) is 14.5. The van der Waals surface area contributed by atoms with Gasteiger partial charge in [0.05, 0.1) is 5.92 Å². The van der Waals surface area contributed by atoms with Crippen LogP contribution in [0.15, 0.2) is 41.8 Å². The molecule has 0 saturated carbocycles. The van der Waals surface area contributed by atoms with Crippen LogP contribution in [0, 0.1) is 0 Å². The summed E-state index contributed by atoms with van der Waals surface area (Å²) in [5.41, 5.74) is 2.00. The van der Waals surface area contributed by atoms with E-state index in [1.807, 2.05) is 24.3 Å². The second-order valence-corrected chi connectivity index (χ2v) is 5.90. The van der Waals surface area contributed by atoms with Gasteiger partial charge in [0.1, 0.15) is 0 Å². The molecule has 0 aliphatic carbocycles. The maximum absolute atomic E-state index is 10.9. The third-order valence-electron chi connectivity index (χ3n) is 3.43. The quantitative estimate of drug-likeness (QED) is 0.850. The molecule has 1 aromatic carbocycles. The molecule has 2 atom stereocenters. The maximum Gasteiger partial charge on any atom is 0.310 e. The minimum atomic E-state index is -0.790. The Labute approximate surface area is 123 Å². The van der Waals surface area contributed by atoms with Gasteiger partial charge in [0, 0.05) is 17.5 Å². The molecule has 0 radical (unpaired) electrons. The highest BCUT2D eigenvalue weighted by atomic mass is 32.1. The fraction of sp³-hybridized carbons (Fsp3) is 0.312. The van der Waals surface area contributed by atoms with Crippen LogP contribution in [-0.2, 0) is 11.3 Å². The highest BCUT2D eigenvalue weighted by Gasteiger charge is 2.13. The molecule has 0 spiro atoms. The number of aliphatic carboxylic acids is 1. The smallest absolute Gasteiger partial charge is 0.310 e. The van der Waals surface area contributed by atoms with E-state index in [1.165, 1.54) is 4.88 Å². The van der Waals surface area contributed by atoms with Crippen LogP contribution in [0.2, 0.25) is 0 Å². The van der Waals surface area contributed by atoms with Gasteiger partial charge in [0.25, 0.3) is 0 Å². The Morgan fingerprint density at radius 3 is 2.50 bits per heavy atom. The molecule has 0 amide bonds. The Balaban J connectivity index is 1.92. The molecule has 1 heterocycles. The second-order valence-electron chi connectivity index (χ2n) is 4.92. The molecule has 3 nitrogen and oxygen atoms in total. The average Bonchev–Trinajstić information content (AvgIpc) is 2.98. The third-order valence-corrected chi connectivity index (χ3v) is 4.49. The molecule has 0 aliphatic rings. The van der Waals surface area contributed by atoms with E-state index in [-0.39, 0.29) is 0 Å². The number of benzene rings is 1. The van der Waals surface area contributed by atoms with Gasteiger partial charge in [-0.3, -0.25) is 4.79 Å². The van der Waals surface area contributed by atoms with Gasteiger partial charge in [-0.25, -0.2) is 0 Å². The Bertz CT molecular complexity index is 548. The minimum absolute atomic E-state index is 0.326. The molecular weight excluding hydrogens is 270 g/mol. The fourth-order valence-corrected chi connectivity index (χ4v) is 2.73. The summed E-state index contributed by atoms with van der Waals surface area (Å²) in [7, 11) is 0. The molecular formula is C16H19NO2S. The maximum atomic E-state index is 10.9. The number of rotatable bonds is 6. The number of carboxylic acids is 1. The third kappa shape index (κ3) is 3.68. The van der Waals surface area contributed by atoms with Crippen molar-refractivity contribution < 1.29 is 9.90 Å². The largest absolute Gasteiger partial charge is 0.481 e. The first-order chi connectivity index (χ1) is 9.58. The van der Waals surface area contributed by atoms with Crippen molar-refractivity contribution in [2.75, 3.05) is 0 Å². The summed E-state index contributed by atoms with van der Waals surface area (Å²) in [4.78, 5) is 12.2. The van der Waals surface area contributed by atoms with E-state index in [2.05, 4.69) is 29.8 Å². The SMILES string of the molecule is CC(NCc1ccc(C(C)C(=O)O)cc1)c1cccs1. The molecule has 20 heavy (non-hydrogen) atoms. The number of nitrogens with one attached hydrogen (secondary N) is 1.